The third-order valence-electron chi connectivity index (χ3n) is 4.89. The second kappa shape index (κ2) is 5.74. The van der Waals surface area contributed by atoms with Crippen molar-refractivity contribution >= 4 is 11.9 Å². The number of rotatable bonds is 3. The fourth-order valence-electron chi connectivity index (χ4n) is 3.52. The number of carbonyl (C=O) groups excluding carboxylic acids is 2. The fraction of sp³-hybridized carbons (Fsp3) is 0.412. The molecule has 1 aromatic heterocycles. The van der Waals surface area contributed by atoms with Crippen molar-refractivity contribution in [3.63, 3.8) is 0 Å². The van der Waals surface area contributed by atoms with Gasteiger partial charge in [0.25, 0.3) is 5.91 Å². The number of carbonyl (C=O) groups is 2. The van der Waals surface area contributed by atoms with Crippen LogP contribution < -0.4 is 10.6 Å². The Bertz CT molecular complexity index is 763. The molecule has 1 aromatic carbocycles. The van der Waals surface area contributed by atoms with E-state index in [1.807, 2.05) is 30.3 Å². The number of hydrogen-bond acceptors (Lipinski definition) is 5. The summed E-state index contributed by atoms with van der Waals surface area (Å²) < 4.78 is 5.43. The van der Waals surface area contributed by atoms with Gasteiger partial charge in [0.2, 0.25) is 5.89 Å². The topological polar surface area (TPSA) is 97.1 Å². The van der Waals surface area contributed by atoms with Gasteiger partial charge >= 0.3 is 6.03 Å². The molecule has 24 heavy (non-hydrogen) atoms. The van der Waals surface area contributed by atoms with Gasteiger partial charge in [-0.1, -0.05) is 35.5 Å². The van der Waals surface area contributed by atoms with E-state index in [9.17, 15) is 9.59 Å². The maximum Gasteiger partial charge on any atom is 0.322 e. The van der Waals surface area contributed by atoms with Gasteiger partial charge in [-0.25, -0.2) is 4.79 Å². The lowest BCUT2D eigenvalue weighted by Crippen LogP contribution is -2.49. The molecule has 0 atom stereocenters. The van der Waals surface area contributed by atoms with Crippen LogP contribution in [0.2, 0.25) is 0 Å². The zero-order valence-corrected chi connectivity index (χ0v) is 13.1. The summed E-state index contributed by atoms with van der Waals surface area (Å²) in [7, 11) is 0. The third-order valence-corrected chi connectivity index (χ3v) is 4.89. The number of urea groups is 1. The molecule has 1 saturated carbocycles. The highest BCUT2D eigenvalue weighted by atomic mass is 16.5. The number of aromatic nitrogens is 2. The summed E-state index contributed by atoms with van der Waals surface area (Å²) in [6, 6.07) is 9.60. The molecular weight excluding hydrogens is 308 g/mol. The van der Waals surface area contributed by atoms with Gasteiger partial charge in [-0.3, -0.25) is 10.1 Å². The quantitative estimate of drug-likeness (QED) is 0.840. The lowest BCUT2D eigenvalue weighted by Gasteiger charge is -2.33. The number of nitrogens with zero attached hydrogens (tertiary/aromatic N) is 2. The predicted molar refractivity (Wildman–Crippen MR) is 84.2 cm³/mol. The van der Waals surface area contributed by atoms with Crippen molar-refractivity contribution in [1.29, 1.82) is 0 Å². The summed E-state index contributed by atoms with van der Waals surface area (Å²) in [4.78, 5) is 27.9. The Morgan fingerprint density at radius 1 is 1.17 bits per heavy atom. The van der Waals surface area contributed by atoms with Gasteiger partial charge in [0.05, 0.1) is 0 Å². The molecule has 0 bridgehead atoms. The average Bonchev–Trinajstić information content (AvgIpc) is 3.14. The maximum atomic E-state index is 12.0. The highest BCUT2D eigenvalue weighted by Gasteiger charge is 2.48. The minimum absolute atomic E-state index is 0.137. The maximum absolute atomic E-state index is 12.0. The fourth-order valence-corrected chi connectivity index (χ4v) is 3.52. The molecule has 2 aromatic rings. The van der Waals surface area contributed by atoms with Crippen molar-refractivity contribution in [3.05, 3.63) is 47.6 Å². The van der Waals surface area contributed by atoms with Gasteiger partial charge in [-0.05, 0) is 31.2 Å². The van der Waals surface area contributed by atoms with Crippen molar-refractivity contribution in [1.82, 2.24) is 20.8 Å². The Morgan fingerprint density at radius 2 is 1.92 bits per heavy atom. The van der Waals surface area contributed by atoms with Gasteiger partial charge in [0.15, 0.2) is 5.82 Å². The van der Waals surface area contributed by atoms with Crippen LogP contribution in [0.1, 0.15) is 48.9 Å². The molecule has 0 radical (unpaired) electrons. The SMILES string of the molecule is O=C1NC(=O)C2(CCC(c3nc(Cc4ccccc4)no3)CC2)N1. The number of nitrogens with one attached hydrogen (secondary N) is 2. The van der Waals surface area contributed by atoms with E-state index in [1.54, 1.807) is 0 Å². The number of hydrogen-bond donors (Lipinski definition) is 2. The van der Waals surface area contributed by atoms with E-state index in [0.29, 0.717) is 31.0 Å². The van der Waals surface area contributed by atoms with Crippen molar-refractivity contribution in [2.45, 2.75) is 43.6 Å². The normalized spacial score (nSPS) is 26.4. The molecule has 2 heterocycles. The van der Waals surface area contributed by atoms with Crippen LogP contribution in [-0.4, -0.2) is 27.6 Å². The minimum Gasteiger partial charge on any atom is -0.339 e. The molecule has 7 nitrogen and oxygen atoms in total. The molecule has 3 amide bonds. The third kappa shape index (κ3) is 2.66. The Kier molecular flexibility index (Phi) is 3.55. The van der Waals surface area contributed by atoms with E-state index in [-0.39, 0.29) is 11.8 Å². The van der Waals surface area contributed by atoms with Crippen LogP contribution in [0.5, 0.6) is 0 Å². The predicted octanol–water partition coefficient (Wildman–Crippen LogP) is 1.90. The molecule has 1 saturated heterocycles. The molecule has 4 rings (SSSR count). The standard InChI is InChI=1S/C17H18N4O3/c22-15-17(20-16(23)19-15)8-6-12(7-9-17)14-18-13(21-24-14)10-11-4-2-1-3-5-11/h1-5,12H,6-10H2,(H2,19,20,22,23). The highest BCUT2D eigenvalue weighted by Crippen LogP contribution is 2.38. The summed E-state index contributed by atoms with van der Waals surface area (Å²) in [6.45, 7) is 0. The van der Waals surface area contributed by atoms with Crippen LogP contribution >= 0.6 is 0 Å². The van der Waals surface area contributed by atoms with E-state index in [4.69, 9.17) is 4.52 Å². The van der Waals surface area contributed by atoms with Crippen LogP contribution in [0.4, 0.5) is 4.79 Å². The first kappa shape index (κ1) is 14.9. The largest absolute Gasteiger partial charge is 0.339 e. The first-order valence-electron chi connectivity index (χ1n) is 8.15. The summed E-state index contributed by atoms with van der Waals surface area (Å²) in [5.41, 5.74) is 0.387. The van der Waals surface area contributed by atoms with E-state index in [2.05, 4.69) is 20.8 Å². The molecule has 1 spiro atoms. The molecule has 2 N–H and O–H groups in total. The number of benzene rings is 1. The number of amides is 3. The Morgan fingerprint density at radius 3 is 2.58 bits per heavy atom. The molecule has 7 heteroatoms. The van der Waals surface area contributed by atoms with Crippen molar-refractivity contribution in [2.24, 2.45) is 0 Å². The van der Waals surface area contributed by atoms with Gasteiger partial charge in [-0.2, -0.15) is 4.98 Å². The molecule has 2 fully saturated rings. The van der Waals surface area contributed by atoms with Gasteiger partial charge in [-0.15, -0.1) is 0 Å². The highest BCUT2D eigenvalue weighted by molar-refractivity contribution is 6.07. The van der Waals surface area contributed by atoms with E-state index >= 15 is 0 Å². The van der Waals surface area contributed by atoms with Gasteiger partial charge in [0.1, 0.15) is 5.54 Å². The lowest BCUT2D eigenvalue weighted by atomic mass is 9.76. The van der Waals surface area contributed by atoms with Crippen LogP contribution in [-0.2, 0) is 11.2 Å². The molecule has 2 aliphatic rings. The summed E-state index contributed by atoms with van der Waals surface area (Å²) in [6.07, 6.45) is 3.29. The van der Waals surface area contributed by atoms with Crippen LogP contribution in [0.25, 0.3) is 0 Å². The first-order valence-corrected chi connectivity index (χ1v) is 8.15. The lowest BCUT2D eigenvalue weighted by molar-refractivity contribution is -0.125. The van der Waals surface area contributed by atoms with Crippen LogP contribution in [0.15, 0.2) is 34.9 Å². The molecule has 0 unspecified atom stereocenters. The smallest absolute Gasteiger partial charge is 0.322 e. The monoisotopic (exact) mass is 326 g/mol. The Hall–Kier alpha value is -2.70. The summed E-state index contributed by atoms with van der Waals surface area (Å²) >= 11 is 0. The molecular formula is C17H18N4O3. The van der Waals surface area contributed by atoms with Crippen molar-refractivity contribution < 1.29 is 14.1 Å². The zero-order chi connectivity index (χ0) is 16.6. The van der Waals surface area contributed by atoms with E-state index in [0.717, 1.165) is 18.4 Å². The van der Waals surface area contributed by atoms with Gasteiger partial charge < -0.3 is 9.84 Å². The second-order valence-electron chi connectivity index (χ2n) is 6.48. The molecule has 1 aliphatic carbocycles. The first-order chi connectivity index (χ1) is 11.6. The number of imide groups is 1. The van der Waals surface area contributed by atoms with E-state index < -0.39 is 11.6 Å². The zero-order valence-electron chi connectivity index (χ0n) is 13.1. The summed E-state index contributed by atoms with van der Waals surface area (Å²) in [5, 5.41) is 9.15. The van der Waals surface area contributed by atoms with Crippen molar-refractivity contribution in [2.75, 3.05) is 0 Å². The van der Waals surface area contributed by atoms with Gasteiger partial charge in [0, 0.05) is 12.3 Å². The van der Waals surface area contributed by atoms with Crippen LogP contribution in [0.3, 0.4) is 0 Å². The molecule has 124 valence electrons. The Balaban J connectivity index is 1.41. The second-order valence-corrected chi connectivity index (χ2v) is 6.48. The van der Waals surface area contributed by atoms with E-state index in [1.165, 1.54) is 0 Å². The average molecular weight is 326 g/mol. The van der Waals surface area contributed by atoms with Crippen LogP contribution in [0, 0.1) is 0 Å². The summed E-state index contributed by atoms with van der Waals surface area (Å²) in [5.74, 6) is 1.21. The van der Waals surface area contributed by atoms with Crippen molar-refractivity contribution in [3.8, 4) is 0 Å². The molecule has 1 aliphatic heterocycles. The minimum atomic E-state index is -0.750. The Labute approximate surface area is 138 Å².